The van der Waals surface area contributed by atoms with Crippen LogP contribution in [0.2, 0.25) is 0 Å². The number of aliphatic hydroxyl groups excluding tert-OH is 1. The van der Waals surface area contributed by atoms with Gasteiger partial charge in [0.1, 0.15) is 11.5 Å². The van der Waals surface area contributed by atoms with Gasteiger partial charge in [-0.1, -0.05) is 48.5 Å². The highest BCUT2D eigenvalue weighted by Gasteiger charge is 2.32. The van der Waals surface area contributed by atoms with E-state index in [9.17, 15) is 23.8 Å². The highest BCUT2D eigenvalue weighted by atomic mass is 19.3. The van der Waals surface area contributed by atoms with Gasteiger partial charge in [-0.2, -0.15) is 8.78 Å². The summed E-state index contributed by atoms with van der Waals surface area (Å²) in [6.45, 7) is 0.0305. The molecule has 1 aromatic heterocycles. The van der Waals surface area contributed by atoms with Crippen molar-refractivity contribution in [3.63, 3.8) is 0 Å². The topological polar surface area (TPSA) is 94.6 Å². The summed E-state index contributed by atoms with van der Waals surface area (Å²) in [6, 6.07) is 20.5. The van der Waals surface area contributed by atoms with Gasteiger partial charge in [-0.3, -0.25) is 4.79 Å². The summed E-state index contributed by atoms with van der Waals surface area (Å²) in [5.41, 5.74) is 1.33. The molecule has 0 saturated heterocycles. The van der Waals surface area contributed by atoms with Gasteiger partial charge in [-0.15, -0.1) is 0 Å². The fraction of sp³-hybridized carbons (Fsp3) is 0.222. The number of alkyl halides is 2. The maximum absolute atomic E-state index is 14.4. The average molecular weight is 481 g/mol. The van der Waals surface area contributed by atoms with Crippen LogP contribution >= 0.6 is 0 Å². The average Bonchev–Trinajstić information content (AvgIpc) is 2.87. The van der Waals surface area contributed by atoms with Gasteiger partial charge in [0.2, 0.25) is 5.56 Å². The predicted octanol–water partition coefficient (Wildman–Crippen LogP) is 4.27. The van der Waals surface area contributed by atoms with E-state index in [4.69, 9.17) is 4.74 Å². The molecule has 0 aliphatic heterocycles. The van der Waals surface area contributed by atoms with E-state index >= 15 is 0 Å². The number of phenols is 1. The van der Waals surface area contributed by atoms with Gasteiger partial charge >= 0.3 is 5.92 Å². The fourth-order valence-corrected chi connectivity index (χ4v) is 3.86. The lowest BCUT2D eigenvalue weighted by Crippen LogP contribution is -2.24. The summed E-state index contributed by atoms with van der Waals surface area (Å²) in [4.78, 5) is 14.1. The molecule has 0 fully saturated rings. The number of hydrogen-bond acceptors (Lipinski definition) is 5. The van der Waals surface area contributed by atoms with Crippen LogP contribution < -0.4 is 15.6 Å². The van der Waals surface area contributed by atoms with E-state index in [1.807, 2.05) is 6.07 Å². The van der Waals surface area contributed by atoms with Crippen LogP contribution in [0.4, 0.5) is 8.78 Å². The number of rotatable bonds is 10. The zero-order valence-corrected chi connectivity index (χ0v) is 18.9. The van der Waals surface area contributed by atoms with Crippen LogP contribution in [0.5, 0.6) is 11.5 Å². The van der Waals surface area contributed by atoms with Crippen molar-refractivity contribution in [1.82, 2.24) is 10.3 Å². The molecule has 182 valence electrons. The number of fused-ring (bicyclic) bond motifs is 1. The lowest BCUT2D eigenvalue weighted by atomic mass is 10.0. The van der Waals surface area contributed by atoms with E-state index in [0.29, 0.717) is 29.7 Å². The fourth-order valence-electron chi connectivity index (χ4n) is 3.86. The van der Waals surface area contributed by atoms with Gasteiger partial charge < -0.3 is 25.3 Å². The highest BCUT2D eigenvalue weighted by Crippen LogP contribution is 2.30. The Morgan fingerprint density at radius 1 is 1.00 bits per heavy atom. The Kier molecular flexibility index (Phi) is 7.43. The maximum Gasteiger partial charge on any atom is 0.306 e. The monoisotopic (exact) mass is 480 g/mol. The first-order valence-corrected chi connectivity index (χ1v) is 11.2. The first-order valence-electron chi connectivity index (χ1n) is 11.2. The van der Waals surface area contributed by atoms with Crippen molar-refractivity contribution in [1.29, 1.82) is 0 Å². The van der Waals surface area contributed by atoms with E-state index in [1.165, 1.54) is 24.3 Å². The molecular formula is C27H26F2N2O4. The number of aromatic hydroxyl groups is 1. The van der Waals surface area contributed by atoms with Crippen LogP contribution in [0.25, 0.3) is 10.9 Å². The molecule has 0 bridgehead atoms. The number of phenolic OH excluding ortho intramolecular Hbond substituents is 1. The molecule has 4 rings (SSSR count). The number of nitrogens with one attached hydrogen (secondary N) is 2. The van der Waals surface area contributed by atoms with E-state index < -0.39 is 18.6 Å². The maximum atomic E-state index is 14.4. The van der Waals surface area contributed by atoms with Crippen molar-refractivity contribution in [2.75, 3.05) is 19.7 Å². The lowest BCUT2D eigenvalue weighted by Gasteiger charge is -2.18. The summed E-state index contributed by atoms with van der Waals surface area (Å²) < 4.78 is 34.1. The Balaban J connectivity index is 1.30. The molecule has 0 aliphatic carbocycles. The SMILES string of the molecule is O=c1ccc2c([C@H](O)CNCCc3cccc(OCC(F)(F)c4ccccc4)c3)ccc(O)c2[nH]1. The molecule has 0 amide bonds. The Bertz CT molecular complexity index is 1340. The molecule has 0 spiro atoms. The summed E-state index contributed by atoms with van der Waals surface area (Å²) in [5, 5.41) is 24.4. The van der Waals surface area contributed by atoms with Crippen molar-refractivity contribution in [2.24, 2.45) is 0 Å². The van der Waals surface area contributed by atoms with Crippen LogP contribution in [-0.4, -0.2) is 34.9 Å². The van der Waals surface area contributed by atoms with Crippen LogP contribution in [0.1, 0.15) is 22.8 Å². The van der Waals surface area contributed by atoms with E-state index in [0.717, 1.165) is 5.56 Å². The minimum Gasteiger partial charge on any atom is -0.506 e. The van der Waals surface area contributed by atoms with Crippen molar-refractivity contribution in [2.45, 2.75) is 18.4 Å². The Morgan fingerprint density at radius 3 is 2.60 bits per heavy atom. The molecule has 8 heteroatoms. The molecule has 0 aliphatic rings. The third-order valence-corrected chi connectivity index (χ3v) is 5.71. The van der Waals surface area contributed by atoms with Crippen LogP contribution in [0, 0.1) is 0 Å². The third kappa shape index (κ3) is 6.03. The number of pyridine rings is 1. The highest BCUT2D eigenvalue weighted by molar-refractivity contribution is 5.87. The first-order chi connectivity index (χ1) is 16.8. The molecule has 6 nitrogen and oxygen atoms in total. The van der Waals surface area contributed by atoms with Crippen LogP contribution in [-0.2, 0) is 12.3 Å². The summed E-state index contributed by atoms with van der Waals surface area (Å²) in [5.74, 6) is -2.80. The number of benzene rings is 3. The second-order valence-electron chi connectivity index (χ2n) is 8.26. The molecule has 0 radical (unpaired) electrons. The number of aromatic amines is 1. The second-order valence-corrected chi connectivity index (χ2v) is 8.26. The predicted molar refractivity (Wildman–Crippen MR) is 130 cm³/mol. The van der Waals surface area contributed by atoms with Crippen molar-refractivity contribution in [3.8, 4) is 11.5 Å². The zero-order valence-electron chi connectivity index (χ0n) is 18.9. The molecule has 1 atom stereocenters. The molecule has 4 N–H and O–H groups in total. The lowest BCUT2D eigenvalue weighted by molar-refractivity contribution is -0.0467. The van der Waals surface area contributed by atoms with Gasteiger partial charge in [-0.05, 0) is 48.4 Å². The first kappa shape index (κ1) is 24.4. The largest absolute Gasteiger partial charge is 0.506 e. The summed E-state index contributed by atoms with van der Waals surface area (Å²) in [7, 11) is 0. The second kappa shape index (κ2) is 10.7. The van der Waals surface area contributed by atoms with Crippen LogP contribution in [0.3, 0.4) is 0 Å². The number of H-pyrrole nitrogens is 1. The van der Waals surface area contributed by atoms with Gasteiger partial charge in [0.05, 0.1) is 11.6 Å². The van der Waals surface area contributed by atoms with E-state index in [-0.39, 0.29) is 28.9 Å². The van der Waals surface area contributed by atoms with E-state index in [1.54, 1.807) is 48.5 Å². The van der Waals surface area contributed by atoms with Crippen LogP contribution in [0.15, 0.2) is 83.7 Å². The van der Waals surface area contributed by atoms with Crippen molar-refractivity contribution in [3.05, 3.63) is 106 Å². The molecule has 0 saturated carbocycles. The number of ether oxygens (including phenoxy) is 1. The van der Waals surface area contributed by atoms with E-state index in [2.05, 4.69) is 10.3 Å². The Morgan fingerprint density at radius 2 is 1.80 bits per heavy atom. The molecule has 0 unspecified atom stereocenters. The number of aliphatic hydroxyl groups is 1. The minimum absolute atomic E-state index is 0.0646. The quantitative estimate of drug-likeness (QED) is 0.254. The van der Waals surface area contributed by atoms with Crippen molar-refractivity contribution < 1.29 is 23.7 Å². The van der Waals surface area contributed by atoms with Gasteiger partial charge in [0, 0.05) is 23.6 Å². The normalized spacial score (nSPS) is 12.5. The zero-order chi connectivity index (χ0) is 24.8. The number of halogens is 2. The Labute approximate surface area is 200 Å². The smallest absolute Gasteiger partial charge is 0.306 e. The molecule has 35 heavy (non-hydrogen) atoms. The van der Waals surface area contributed by atoms with Gasteiger partial charge in [0.15, 0.2) is 6.61 Å². The third-order valence-electron chi connectivity index (χ3n) is 5.71. The molecule has 3 aromatic carbocycles. The Hall–Kier alpha value is -3.75. The summed E-state index contributed by atoms with van der Waals surface area (Å²) >= 11 is 0. The molecular weight excluding hydrogens is 454 g/mol. The van der Waals surface area contributed by atoms with Crippen molar-refractivity contribution >= 4 is 10.9 Å². The standard InChI is InChI=1S/C27H26F2N2O4/c28-27(29,19-6-2-1-3-7-19)17-35-20-8-4-5-18(15-20)13-14-30-16-24(33)21-9-11-23(32)26-22(21)10-12-25(34)31-26/h1-12,15,24,30,32-33H,13-14,16-17H2,(H,31,34)/t24-/m1/s1. The molecule has 4 aromatic rings. The van der Waals surface area contributed by atoms with Gasteiger partial charge in [-0.25, -0.2) is 0 Å². The number of aromatic nitrogens is 1. The number of hydrogen-bond donors (Lipinski definition) is 4. The van der Waals surface area contributed by atoms with Gasteiger partial charge in [0.25, 0.3) is 0 Å². The summed E-state index contributed by atoms with van der Waals surface area (Å²) in [6.07, 6.45) is -0.262. The minimum atomic E-state index is -3.10. The molecule has 1 heterocycles.